The molecule has 18 heavy (non-hydrogen) atoms. The summed E-state index contributed by atoms with van der Waals surface area (Å²) in [5.74, 6) is 0.237. The van der Waals surface area contributed by atoms with Crippen molar-refractivity contribution in [1.29, 1.82) is 0 Å². The molecule has 0 atom stereocenters. The third kappa shape index (κ3) is 2.86. The Morgan fingerprint density at radius 2 is 2.11 bits per heavy atom. The van der Waals surface area contributed by atoms with E-state index in [1.165, 1.54) is 17.3 Å². The number of tetrazole rings is 1. The van der Waals surface area contributed by atoms with Gasteiger partial charge < -0.3 is 5.32 Å². The first-order valence-corrected chi connectivity index (χ1v) is 6.38. The van der Waals surface area contributed by atoms with Crippen molar-refractivity contribution in [2.45, 2.75) is 12.1 Å². The highest BCUT2D eigenvalue weighted by Gasteiger charge is 2.10. The van der Waals surface area contributed by atoms with Crippen molar-refractivity contribution in [2.24, 2.45) is 0 Å². The van der Waals surface area contributed by atoms with Crippen LogP contribution in [-0.4, -0.2) is 38.9 Å². The lowest BCUT2D eigenvalue weighted by atomic mass is 10.2. The summed E-state index contributed by atoms with van der Waals surface area (Å²) in [6.07, 6.45) is 0. The van der Waals surface area contributed by atoms with E-state index < -0.39 is 0 Å². The Morgan fingerprint density at radius 1 is 1.39 bits per heavy atom. The molecular weight excluding hydrogens is 250 g/mol. The second-order valence-corrected chi connectivity index (χ2v) is 4.61. The summed E-state index contributed by atoms with van der Waals surface area (Å²) in [6, 6.07) is 7.86. The molecule has 2 aromatic rings. The van der Waals surface area contributed by atoms with E-state index in [1.807, 2.05) is 31.2 Å². The molecule has 0 aliphatic heterocycles. The number of amides is 1. The Morgan fingerprint density at radius 3 is 2.78 bits per heavy atom. The van der Waals surface area contributed by atoms with Crippen LogP contribution in [0.1, 0.15) is 5.56 Å². The molecule has 0 unspecified atom stereocenters. The van der Waals surface area contributed by atoms with Gasteiger partial charge >= 0.3 is 0 Å². The maximum Gasteiger partial charge on any atom is 0.230 e. The lowest BCUT2D eigenvalue weighted by molar-refractivity contribution is -0.118. The molecule has 1 N–H and O–H groups in total. The fourth-order valence-electron chi connectivity index (χ4n) is 1.32. The first-order chi connectivity index (χ1) is 8.70. The molecule has 0 aliphatic carbocycles. The second-order valence-electron chi connectivity index (χ2n) is 3.67. The van der Waals surface area contributed by atoms with E-state index >= 15 is 0 Å². The molecule has 0 spiro atoms. The standard InChI is InChI=1S/C11H13N5OS/c1-8-3-5-9(6-4-8)16-11(13-14-15-16)18-7-10(17)12-2/h3-6H,7H2,1-2H3,(H,12,17). The average Bonchev–Trinajstić information content (AvgIpc) is 2.85. The molecule has 7 heteroatoms. The predicted molar refractivity (Wildman–Crippen MR) is 68.7 cm³/mol. The van der Waals surface area contributed by atoms with Gasteiger partial charge in [-0.05, 0) is 29.5 Å². The van der Waals surface area contributed by atoms with Gasteiger partial charge in [0.25, 0.3) is 0 Å². The van der Waals surface area contributed by atoms with Crippen molar-refractivity contribution < 1.29 is 4.79 Å². The van der Waals surface area contributed by atoms with Gasteiger partial charge in [0, 0.05) is 7.05 Å². The molecule has 0 saturated carbocycles. The van der Waals surface area contributed by atoms with Crippen molar-refractivity contribution in [1.82, 2.24) is 25.5 Å². The Bertz CT molecular complexity index is 537. The Kier molecular flexibility index (Phi) is 3.93. The van der Waals surface area contributed by atoms with Gasteiger partial charge in [-0.1, -0.05) is 29.5 Å². The average molecular weight is 263 g/mol. The molecule has 1 amide bonds. The Labute approximate surface area is 109 Å². The monoisotopic (exact) mass is 263 g/mol. The second kappa shape index (κ2) is 5.63. The zero-order valence-electron chi connectivity index (χ0n) is 10.1. The van der Waals surface area contributed by atoms with Crippen LogP contribution in [0.5, 0.6) is 0 Å². The lowest BCUT2D eigenvalue weighted by Crippen LogP contribution is -2.20. The Hall–Kier alpha value is -1.89. The molecule has 1 heterocycles. The van der Waals surface area contributed by atoms with Gasteiger partial charge in [0.2, 0.25) is 11.1 Å². The topological polar surface area (TPSA) is 72.7 Å². The normalized spacial score (nSPS) is 10.3. The van der Waals surface area contributed by atoms with Gasteiger partial charge in [-0.2, -0.15) is 4.68 Å². The number of nitrogens with one attached hydrogen (secondary N) is 1. The summed E-state index contributed by atoms with van der Waals surface area (Å²) in [5.41, 5.74) is 2.05. The number of rotatable bonds is 4. The van der Waals surface area contributed by atoms with E-state index in [0.29, 0.717) is 10.9 Å². The minimum atomic E-state index is -0.0570. The number of carbonyl (C=O) groups excluding carboxylic acids is 1. The summed E-state index contributed by atoms with van der Waals surface area (Å²) in [7, 11) is 1.60. The number of carbonyl (C=O) groups is 1. The SMILES string of the molecule is CNC(=O)CSc1nnnn1-c1ccc(C)cc1. The fourth-order valence-corrected chi connectivity index (χ4v) is 2.08. The lowest BCUT2D eigenvalue weighted by Gasteiger charge is -2.04. The number of hydrogen-bond acceptors (Lipinski definition) is 5. The quantitative estimate of drug-likeness (QED) is 0.826. The first kappa shape index (κ1) is 12.6. The van der Waals surface area contributed by atoms with Crippen molar-refractivity contribution in [3.8, 4) is 5.69 Å². The third-order valence-electron chi connectivity index (χ3n) is 2.33. The van der Waals surface area contributed by atoms with Gasteiger partial charge in [0.1, 0.15) is 0 Å². The maximum atomic E-state index is 11.2. The van der Waals surface area contributed by atoms with Crippen LogP contribution in [0, 0.1) is 6.92 Å². The highest BCUT2D eigenvalue weighted by atomic mass is 32.2. The van der Waals surface area contributed by atoms with Crippen molar-refractivity contribution in [3.63, 3.8) is 0 Å². The molecule has 1 aromatic carbocycles. The van der Waals surface area contributed by atoms with Gasteiger partial charge in [-0.15, -0.1) is 5.10 Å². The van der Waals surface area contributed by atoms with Crippen LogP contribution in [0.3, 0.4) is 0 Å². The molecule has 1 aromatic heterocycles. The Balaban J connectivity index is 2.17. The fraction of sp³-hybridized carbons (Fsp3) is 0.273. The van der Waals surface area contributed by atoms with E-state index in [9.17, 15) is 4.79 Å². The van der Waals surface area contributed by atoms with Crippen LogP contribution in [0.2, 0.25) is 0 Å². The summed E-state index contributed by atoms with van der Waals surface area (Å²) in [5, 5.41) is 14.6. The van der Waals surface area contributed by atoms with Crippen molar-refractivity contribution in [3.05, 3.63) is 29.8 Å². The van der Waals surface area contributed by atoms with Gasteiger partial charge in [-0.3, -0.25) is 4.79 Å². The highest BCUT2D eigenvalue weighted by molar-refractivity contribution is 7.99. The van der Waals surface area contributed by atoms with Crippen molar-refractivity contribution >= 4 is 17.7 Å². The van der Waals surface area contributed by atoms with E-state index in [0.717, 1.165) is 5.69 Å². The van der Waals surface area contributed by atoms with Gasteiger partial charge in [-0.25, -0.2) is 0 Å². The van der Waals surface area contributed by atoms with Crippen LogP contribution >= 0.6 is 11.8 Å². The van der Waals surface area contributed by atoms with Crippen LogP contribution in [0.25, 0.3) is 5.69 Å². The first-order valence-electron chi connectivity index (χ1n) is 5.39. The summed E-state index contributed by atoms with van der Waals surface area (Å²) < 4.78 is 1.62. The molecular formula is C11H13N5OS. The summed E-state index contributed by atoms with van der Waals surface area (Å²) in [4.78, 5) is 11.2. The third-order valence-corrected chi connectivity index (χ3v) is 3.25. The van der Waals surface area contributed by atoms with E-state index in [1.54, 1.807) is 11.7 Å². The van der Waals surface area contributed by atoms with Gasteiger partial charge in [0.05, 0.1) is 11.4 Å². The number of benzene rings is 1. The molecule has 0 saturated heterocycles. The number of nitrogens with zero attached hydrogens (tertiary/aromatic N) is 4. The molecule has 94 valence electrons. The van der Waals surface area contributed by atoms with Gasteiger partial charge in [0.15, 0.2) is 0 Å². The van der Waals surface area contributed by atoms with Crippen LogP contribution in [0.4, 0.5) is 0 Å². The molecule has 2 rings (SSSR count). The van der Waals surface area contributed by atoms with Crippen LogP contribution < -0.4 is 5.32 Å². The summed E-state index contributed by atoms with van der Waals surface area (Å²) in [6.45, 7) is 2.02. The molecule has 0 fully saturated rings. The summed E-state index contributed by atoms with van der Waals surface area (Å²) >= 11 is 1.30. The van der Waals surface area contributed by atoms with E-state index in [2.05, 4.69) is 20.8 Å². The molecule has 0 radical (unpaired) electrons. The number of thioether (sulfide) groups is 1. The molecule has 0 aliphatic rings. The maximum absolute atomic E-state index is 11.2. The van der Waals surface area contributed by atoms with Crippen LogP contribution in [-0.2, 0) is 4.79 Å². The number of aromatic nitrogens is 4. The minimum absolute atomic E-state index is 0.0570. The zero-order valence-corrected chi connectivity index (χ0v) is 10.9. The van der Waals surface area contributed by atoms with Crippen molar-refractivity contribution in [2.75, 3.05) is 12.8 Å². The van der Waals surface area contributed by atoms with Crippen LogP contribution in [0.15, 0.2) is 29.4 Å². The number of aryl methyl sites for hydroxylation is 1. The predicted octanol–water partition coefficient (Wildman–Crippen LogP) is 0.809. The molecule has 0 bridgehead atoms. The van der Waals surface area contributed by atoms with E-state index in [-0.39, 0.29) is 5.91 Å². The smallest absolute Gasteiger partial charge is 0.230 e. The zero-order chi connectivity index (χ0) is 13.0. The molecule has 6 nitrogen and oxygen atoms in total. The van der Waals surface area contributed by atoms with E-state index in [4.69, 9.17) is 0 Å². The highest BCUT2D eigenvalue weighted by Crippen LogP contribution is 2.17. The minimum Gasteiger partial charge on any atom is -0.358 e. The number of hydrogen-bond donors (Lipinski definition) is 1. The largest absolute Gasteiger partial charge is 0.358 e.